The lowest BCUT2D eigenvalue weighted by Gasteiger charge is -2.14. The van der Waals surface area contributed by atoms with Gasteiger partial charge in [0.05, 0.1) is 19.6 Å². The SMILES string of the molecule is COc1ccc2cc(C(C)COC(=O)C(C)C)ccc2c1. The van der Waals surface area contributed by atoms with Crippen LogP contribution in [0.25, 0.3) is 10.8 Å². The van der Waals surface area contributed by atoms with E-state index < -0.39 is 0 Å². The summed E-state index contributed by atoms with van der Waals surface area (Å²) < 4.78 is 10.5. The summed E-state index contributed by atoms with van der Waals surface area (Å²) in [7, 11) is 1.67. The molecule has 0 fully saturated rings. The summed E-state index contributed by atoms with van der Waals surface area (Å²) in [5.41, 5.74) is 1.17. The van der Waals surface area contributed by atoms with Gasteiger partial charge in [0.15, 0.2) is 0 Å². The van der Waals surface area contributed by atoms with Gasteiger partial charge < -0.3 is 9.47 Å². The molecule has 0 bridgehead atoms. The van der Waals surface area contributed by atoms with E-state index in [1.165, 1.54) is 5.56 Å². The highest BCUT2D eigenvalue weighted by molar-refractivity contribution is 5.84. The second-order valence-electron chi connectivity index (χ2n) is 5.66. The van der Waals surface area contributed by atoms with E-state index >= 15 is 0 Å². The van der Waals surface area contributed by atoms with Crippen LogP contribution in [-0.2, 0) is 9.53 Å². The second kappa shape index (κ2) is 6.61. The van der Waals surface area contributed by atoms with Crippen LogP contribution in [0.15, 0.2) is 36.4 Å². The molecule has 0 aliphatic rings. The van der Waals surface area contributed by atoms with Crippen molar-refractivity contribution >= 4 is 16.7 Å². The Kier molecular flexibility index (Phi) is 4.84. The van der Waals surface area contributed by atoms with Crippen molar-refractivity contribution in [2.45, 2.75) is 26.7 Å². The lowest BCUT2D eigenvalue weighted by molar-refractivity contribution is -0.147. The van der Waals surface area contributed by atoms with Gasteiger partial charge in [0.1, 0.15) is 5.75 Å². The van der Waals surface area contributed by atoms with Crippen LogP contribution in [-0.4, -0.2) is 19.7 Å². The maximum absolute atomic E-state index is 11.5. The lowest BCUT2D eigenvalue weighted by Crippen LogP contribution is -2.15. The van der Waals surface area contributed by atoms with Crippen LogP contribution in [0.1, 0.15) is 32.3 Å². The van der Waals surface area contributed by atoms with Gasteiger partial charge >= 0.3 is 5.97 Å². The number of esters is 1. The molecule has 1 atom stereocenters. The number of fused-ring (bicyclic) bond motifs is 1. The Morgan fingerprint density at radius 3 is 2.38 bits per heavy atom. The van der Waals surface area contributed by atoms with Crippen LogP contribution in [0.4, 0.5) is 0 Å². The molecule has 0 heterocycles. The molecule has 112 valence electrons. The van der Waals surface area contributed by atoms with Crippen LogP contribution >= 0.6 is 0 Å². The highest BCUT2D eigenvalue weighted by Crippen LogP contribution is 2.25. The van der Waals surface area contributed by atoms with Gasteiger partial charge in [-0.2, -0.15) is 0 Å². The van der Waals surface area contributed by atoms with E-state index in [0.29, 0.717) is 6.61 Å². The summed E-state index contributed by atoms with van der Waals surface area (Å²) in [5, 5.41) is 2.31. The first-order valence-corrected chi connectivity index (χ1v) is 7.25. The molecule has 1 unspecified atom stereocenters. The summed E-state index contributed by atoms with van der Waals surface area (Å²) in [5.74, 6) is 0.807. The molecule has 2 aromatic carbocycles. The number of benzene rings is 2. The molecule has 0 aliphatic carbocycles. The fourth-order valence-electron chi connectivity index (χ4n) is 2.15. The monoisotopic (exact) mass is 286 g/mol. The maximum atomic E-state index is 11.5. The van der Waals surface area contributed by atoms with Crippen LogP contribution in [0.5, 0.6) is 5.75 Å². The molecular formula is C18H22O3. The second-order valence-corrected chi connectivity index (χ2v) is 5.66. The zero-order valence-corrected chi connectivity index (χ0v) is 13.1. The molecule has 0 spiro atoms. The summed E-state index contributed by atoms with van der Waals surface area (Å²) in [6.45, 7) is 6.17. The first-order valence-electron chi connectivity index (χ1n) is 7.25. The zero-order chi connectivity index (χ0) is 15.4. The minimum Gasteiger partial charge on any atom is -0.497 e. The van der Waals surface area contributed by atoms with Crippen molar-refractivity contribution in [3.63, 3.8) is 0 Å². The van der Waals surface area contributed by atoms with Crippen molar-refractivity contribution in [1.82, 2.24) is 0 Å². The van der Waals surface area contributed by atoms with E-state index in [-0.39, 0.29) is 17.8 Å². The Morgan fingerprint density at radius 1 is 1.05 bits per heavy atom. The average molecular weight is 286 g/mol. The van der Waals surface area contributed by atoms with E-state index in [9.17, 15) is 4.79 Å². The van der Waals surface area contributed by atoms with Gasteiger partial charge in [-0.15, -0.1) is 0 Å². The van der Waals surface area contributed by atoms with E-state index in [1.54, 1.807) is 7.11 Å². The predicted molar refractivity (Wildman–Crippen MR) is 84.7 cm³/mol. The fourth-order valence-corrected chi connectivity index (χ4v) is 2.15. The lowest BCUT2D eigenvalue weighted by atomic mass is 9.98. The van der Waals surface area contributed by atoms with Crippen molar-refractivity contribution in [3.8, 4) is 5.75 Å². The molecule has 0 aliphatic heterocycles. The molecule has 0 saturated carbocycles. The topological polar surface area (TPSA) is 35.5 Å². The molecule has 0 saturated heterocycles. The van der Waals surface area contributed by atoms with E-state index in [2.05, 4.69) is 25.1 Å². The number of carbonyl (C=O) groups excluding carboxylic acids is 1. The van der Waals surface area contributed by atoms with E-state index in [0.717, 1.165) is 16.5 Å². The van der Waals surface area contributed by atoms with Gasteiger partial charge in [0, 0.05) is 5.92 Å². The maximum Gasteiger partial charge on any atom is 0.308 e. The number of rotatable bonds is 5. The number of ether oxygens (including phenoxy) is 2. The van der Waals surface area contributed by atoms with Gasteiger partial charge in [-0.1, -0.05) is 45.0 Å². The third kappa shape index (κ3) is 3.75. The van der Waals surface area contributed by atoms with Crippen molar-refractivity contribution < 1.29 is 14.3 Å². The normalized spacial score (nSPS) is 12.4. The van der Waals surface area contributed by atoms with Crippen LogP contribution in [0.2, 0.25) is 0 Å². The molecule has 0 radical (unpaired) electrons. The number of methoxy groups -OCH3 is 1. The van der Waals surface area contributed by atoms with Crippen LogP contribution < -0.4 is 4.74 Å². The standard InChI is InChI=1S/C18H22O3/c1-12(2)18(19)21-11-13(3)14-5-6-16-10-17(20-4)8-7-15(16)9-14/h5-10,12-13H,11H2,1-4H3. The van der Waals surface area contributed by atoms with Crippen LogP contribution in [0.3, 0.4) is 0 Å². The van der Waals surface area contributed by atoms with Crippen molar-refractivity contribution in [1.29, 1.82) is 0 Å². The third-order valence-corrected chi connectivity index (χ3v) is 3.59. The van der Waals surface area contributed by atoms with Gasteiger partial charge in [0.2, 0.25) is 0 Å². The largest absolute Gasteiger partial charge is 0.497 e. The van der Waals surface area contributed by atoms with Gasteiger partial charge in [-0.25, -0.2) is 0 Å². The van der Waals surface area contributed by atoms with Crippen molar-refractivity contribution in [2.75, 3.05) is 13.7 Å². The Hall–Kier alpha value is -2.03. The number of hydrogen-bond acceptors (Lipinski definition) is 3. The van der Waals surface area contributed by atoms with E-state index in [4.69, 9.17) is 9.47 Å². The van der Waals surface area contributed by atoms with Gasteiger partial charge in [0.25, 0.3) is 0 Å². The average Bonchev–Trinajstić information content (AvgIpc) is 2.50. The third-order valence-electron chi connectivity index (χ3n) is 3.59. The Labute approximate surface area is 125 Å². The van der Waals surface area contributed by atoms with Crippen molar-refractivity contribution in [3.05, 3.63) is 42.0 Å². The quantitative estimate of drug-likeness (QED) is 0.774. The number of hydrogen-bond donors (Lipinski definition) is 0. The highest BCUT2D eigenvalue weighted by Gasteiger charge is 2.12. The molecule has 3 heteroatoms. The Morgan fingerprint density at radius 2 is 1.71 bits per heavy atom. The van der Waals surface area contributed by atoms with Crippen LogP contribution in [0, 0.1) is 5.92 Å². The summed E-state index contributed by atoms with van der Waals surface area (Å²) >= 11 is 0. The molecule has 0 amide bonds. The minimum atomic E-state index is -0.146. The smallest absolute Gasteiger partial charge is 0.308 e. The van der Waals surface area contributed by atoms with Gasteiger partial charge in [-0.05, 0) is 28.5 Å². The highest BCUT2D eigenvalue weighted by atomic mass is 16.5. The van der Waals surface area contributed by atoms with Gasteiger partial charge in [-0.3, -0.25) is 4.79 Å². The summed E-state index contributed by atoms with van der Waals surface area (Å²) in [6, 6.07) is 12.3. The van der Waals surface area contributed by atoms with Crippen molar-refractivity contribution in [2.24, 2.45) is 5.92 Å². The molecule has 21 heavy (non-hydrogen) atoms. The summed E-state index contributed by atoms with van der Waals surface area (Å²) in [4.78, 5) is 11.5. The number of carbonyl (C=O) groups is 1. The molecule has 2 aromatic rings. The summed E-state index contributed by atoms with van der Waals surface area (Å²) in [6.07, 6.45) is 0. The Bertz CT molecular complexity index is 631. The van der Waals surface area contributed by atoms with E-state index in [1.807, 2.05) is 32.0 Å². The Balaban J connectivity index is 2.13. The molecule has 0 N–H and O–H groups in total. The molecule has 2 rings (SSSR count). The zero-order valence-electron chi connectivity index (χ0n) is 13.1. The fraction of sp³-hybridized carbons (Fsp3) is 0.389. The molecule has 3 nitrogen and oxygen atoms in total. The first-order chi connectivity index (χ1) is 10.0. The predicted octanol–water partition coefficient (Wildman–Crippen LogP) is 4.15. The minimum absolute atomic E-state index is 0.0822. The molecular weight excluding hydrogens is 264 g/mol. The first kappa shape index (κ1) is 15.4. The molecule has 0 aromatic heterocycles.